The second-order valence-corrected chi connectivity index (χ2v) is 11.0. The molecule has 1 amide bonds. The van der Waals surface area contributed by atoms with Gasteiger partial charge in [0.05, 0.1) is 21.1 Å². The summed E-state index contributed by atoms with van der Waals surface area (Å²) in [7, 11) is -3.34. The van der Waals surface area contributed by atoms with E-state index in [1.807, 2.05) is 0 Å². The van der Waals surface area contributed by atoms with Crippen LogP contribution in [-0.2, 0) is 14.6 Å². The molecule has 166 valence electrons. The fourth-order valence-corrected chi connectivity index (χ4v) is 5.84. The van der Waals surface area contributed by atoms with E-state index in [0.717, 1.165) is 0 Å². The second kappa shape index (κ2) is 8.82. The highest BCUT2D eigenvalue weighted by Crippen LogP contribution is 2.39. The van der Waals surface area contributed by atoms with E-state index < -0.39 is 28.1 Å². The number of carbonyl (C=O) groups excluding carboxylic acids is 1. The number of sulfone groups is 1. The maximum Gasteiger partial charge on any atom is 0.233 e. The molecule has 1 aromatic heterocycles. The van der Waals surface area contributed by atoms with Crippen LogP contribution in [0.25, 0.3) is 0 Å². The number of aromatic nitrogens is 1. The van der Waals surface area contributed by atoms with Crippen molar-refractivity contribution in [3.8, 4) is 0 Å². The van der Waals surface area contributed by atoms with Crippen LogP contribution < -0.4 is 5.32 Å². The molecule has 2 aromatic rings. The fraction of sp³-hybridized carbons (Fsp3) is 0.455. The Bertz CT molecular complexity index is 1030. The van der Waals surface area contributed by atoms with Crippen LogP contribution in [0.4, 0.5) is 14.6 Å². The average molecular weight is 469 g/mol. The molecule has 5 nitrogen and oxygen atoms in total. The zero-order valence-electron chi connectivity index (χ0n) is 16.7. The van der Waals surface area contributed by atoms with Gasteiger partial charge in [0.25, 0.3) is 0 Å². The molecule has 0 saturated heterocycles. The summed E-state index contributed by atoms with van der Waals surface area (Å²) in [6.45, 7) is 0. The van der Waals surface area contributed by atoms with E-state index in [2.05, 4.69) is 10.3 Å². The standard InChI is InChI=1S/C22H23ClF2N2O3S/c23-15-3-8-21(26-12-15)27-22(28)18(9-13-10-19(24)20(25)11-13)14-1-4-16(5-2-14)31(29,30)17-6-7-17/h1-5,8,12-13,17-20H,6-7,9-11H2,(H,26,27,28). The molecule has 9 heteroatoms. The third-order valence-electron chi connectivity index (χ3n) is 5.95. The predicted molar refractivity (Wildman–Crippen MR) is 114 cm³/mol. The Labute approximate surface area is 185 Å². The molecule has 3 atom stereocenters. The van der Waals surface area contributed by atoms with E-state index in [4.69, 9.17) is 11.6 Å². The van der Waals surface area contributed by atoms with Crippen LogP contribution >= 0.6 is 11.6 Å². The molecular formula is C22H23ClF2N2O3S. The first kappa shape index (κ1) is 22.1. The number of anilines is 1. The summed E-state index contributed by atoms with van der Waals surface area (Å²) in [6.07, 6.45) is 0.0999. The lowest BCUT2D eigenvalue weighted by Crippen LogP contribution is -2.24. The van der Waals surface area contributed by atoms with E-state index in [1.54, 1.807) is 24.3 Å². The number of nitrogens with zero attached hydrogens (tertiary/aromatic N) is 1. The Morgan fingerprint density at radius 1 is 1.10 bits per heavy atom. The highest BCUT2D eigenvalue weighted by Gasteiger charge is 2.38. The number of halogens is 3. The summed E-state index contributed by atoms with van der Waals surface area (Å²) >= 11 is 5.83. The quantitative estimate of drug-likeness (QED) is 0.629. The van der Waals surface area contributed by atoms with Gasteiger partial charge in [-0.2, -0.15) is 0 Å². The van der Waals surface area contributed by atoms with E-state index >= 15 is 0 Å². The van der Waals surface area contributed by atoms with Crippen LogP contribution in [0, 0.1) is 5.92 Å². The lowest BCUT2D eigenvalue weighted by atomic mass is 9.87. The minimum absolute atomic E-state index is 0.0677. The monoisotopic (exact) mass is 468 g/mol. The van der Waals surface area contributed by atoms with Crippen molar-refractivity contribution >= 4 is 33.2 Å². The Morgan fingerprint density at radius 2 is 1.74 bits per heavy atom. The van der Waals surface area contributed by atoms with Crippen molar-refractivity contribution in [3.05, 3.63) is 53.2 Å². The minimum Gasteiger partial charge on any atom is -0.310 e. The molecule has 0 spiro atoms. The number of amides is 1. The number of benzene rings is 1. The van der Waals surface area contributed by atoms with Gasteiger partial charge >= 0.3 is 0 Å². The molecule has 2 saturated carbocycles. The van der Waals surface area contributed by atoms with Gasteiger partial charge in [-0.15, -0.1) is 0 Å². The number of rotatable bonds is 7. The van der Waals surface area contributed by atoms with Gasteiger partial charge in [0.2, 0.25) is 5.91 Å². The van der Waals surface area contributed by atoms with Crippen LogP contribution in [0.15, 0.2) is 47.5 Å². The molecule has 2 aliphatic rings. The van der Waals surface area contributed by atoms with Gasteiger partial charge in [-0.05, 0) is 67.9 Å². The first-order valence-electron chi connectivity index (χ1n) is 10.3. The summed E-state index contributed by atoms with van der Waals surface area (Å²) < 4.78 is 52.3. The molecule has 1 heterocycles. The van der Waals surface area contributed by atoms with Gasteiger partial charge in [-0.25, -0.2) is 22.2 Å². The van der Waals surface area contributed by atoms with Crippen molar-refractivity contribution in [2.45, 2.75) is 60.5 Å². The number of hydrogen-bond acceptors (Lipinski definition) is 4. The second-order valence-electron chi connectivity index (χ2n) is 8.32. The highest BCUT2D eigenvalue weighted by molar-refractivity contribution is 7.92. The van der Waals surface area contributed by atoms with Gasteiger partial charge in [-0.3, -0.25) is 4.79 Å². The molecule has 0 bridgehead atoms. The summed E-state index contributed by atoms with van der Waals surface area (Å²) in [6, 6.07) is 9.40. The molecule has 2 aliphatic carbocycles. The van der Waals surface area contributed by atoms with Gasteiger partial charge in [-0.1, -0.05) is 23.7 Å². The van der Waals surface area contributed by atoms with Crippen molar-refractivity contribution in [2.75, 3.05) is 5.32 Å². The molecule has 2 fully saturated rings. The van der Waals surface area contributed by atoms with Gasteiger partial charge in [0.15, 0.2) is 9.84 Å². The van der Waals surface area contributed by atoms with Gasteiger partial charge < -0.3 is 5.32 Å². The van der Waals surface area contributed by atoms with Crippen molar-refractivity contribution in [1.29, 1.82) is 0 Å². The Morgan fingerprint density at radius 3 is 2.29 bits per heavy atom. The van der Waals surface area contributed by atoms with E-state index in [9.17, 15) is 22.0 Å². The van der Waals surface area contributed by atoms with Crippen LogP contribution in [-0.4, -0.2) is 36.9 Å². The van der Waals surface area contributed by atoms with Crippen LogP contribution in [0.2, 0.25) is 5.02 Å². The van der Waals surface area contributed by atoms with E-state index in [0.29, 0.717) is 29.2 Å². The molecule has 0 aliphatic heterocycles. The number of carbonyl (C=O) groups is 1. The number of pyridine rings is 1. The van der Waals surface area contributed by atoms with Crippen LogP contribution in [0.1, 0.15) is 43.6 Å². The van der Waals surface area contributed by atoms with E-state index in [-0.39, 0.29) is 41.2 Å². The Balaban J connectivity index is 1.56. The van der Waals surface area contributed by atoms with Crippen molar-refractivity contribution in [3.63, 3.8) is 0 Å². The molecule has 3 unspecified atom stereocenters. The predicted octanol–water partition coefficient (Wildman–Crippen LogP) is 4.87. The zero-order valence-corrected chi connectivity index (χ0v) is 18.3. The normalized spacial score (nSPS) is 24.7. The number of alkyl halides is 2. The Kier molecular flexibility index (Phi) is 6.30. The third-order valence-corrected chi connectivity index (χ3v) is 8.45. The number of hydrogen-bond donors (Lipinski definition) is 1. The van der Waals surface area contributed by atoms with Crippen LogP contribution in [0.3, 0.4) is 0 Å². The molecule has 31 heavy (non-hydrogen) atoms. The first-order valence-corrected chi connectivity index (χ1v) is 12.2. The highest BCUT2D eigenvalue weighted by atomic mass is 35.5. The van der Waals surface area contributed by atoms with Crippen LogP contribution in [0.5, 0.6) is 0 Å². The van der Waals surface area contributed by atoms with E-state index in [1.165, 1.54) is 18.3 Å². The van der Waals surface area contributed by atoms with Gasteiger partial charge in [0.1, 0.15) is 18.2 Å². The number of nitrogens with one attached hydrogen (secondary N) is 1. The molecule has 4 rings (SSSR count). The van der Waals surface area contributed by atoms with Gasteiger partial charge in [0, 0.05) is 6.20 Å². The first-order chi connectivity index (χ1) is 14.7. The van der Waals surface area contributed by atoms with Crippen molar-refractivity contribution in [2.24, 2.45) is 5.92 Å². The summed E-state index contributed by atoms with van der Waals surface area (Å²) in [5.41, 5.74) is 0.596. The summed E-state index contributed by atoms with van der Waals surface area (Å²) in [5, 5.41) is 2.83. The maximum absolute atomic E-state index is 13.7. The Hall–Kier alpha value is -2.06. The molecular weight excluding hydrogens is 446 g/mol. The summed E-state index contributed by atoms with van der Waals surface area (Å²) in [5.74, 6) is -1.04. The lowest BCUT2D eigenvalue weighted by Gasteiger charge is -2.21. The smallest absolute Gasteiger partial charge is 0.233 e. The minimum atomic E-state index is -3.34. The maximum atomic E-state index is 13.7. The zero-order chi connectivity index (χ0) is 22.2. The fourth-order valence-electron chi connectivity index (χ4n) is 4.07. The topological polar surface area (TPSA) is 76.1 Å². The lowest BCUT2D eigenvalue weighted by molar-refractivity contribution is -0.118. The largest absolute Gasteiger partial charge is 0.310 e. The summed E-state index contributed by atoms with van der Waals surface area (Å²) in [4.78, 5) is 17.3. The van der Waals surface area contributed by atoms with Crippen molar-refractivity contribution in [1.82, 2.24) is 4.98 Å². The SMILES string of the molecule is O=C(Nc1ccc(Cl)cn1)C(CC1CC(F)C(F)C1)c1ccc(S(=O)(=O)C2CC2)cc1. The molecule has 1 aromatic carbocycles. The van der Waals surface area contributed by atoms with Crippen molar-refractivity contribution < 1.29 is 22.0 Å². The molecule has 0 radical (unpaired) electrons. The third kappa shape index (κ3) is 5.06. The molecule has 1 N–H and O–H groups in total. The average Bonchev–Trinajstić information content (AvgIpc) is 3.55.